The first-order valence-electron chi connectivity index (χ1n) is 5.92. The van der Waals surface area contributed by atoms with Crippen molar-refractivity contribution in [2.75, 3.05) is 20.8 Å². The van der Waals surface area contributed by atoms with Crippen LogP contribution in [-0.4, -0.2) is 20.8 Å². The quantitative estimate of drug-likeness (QED) is 0.797. The summed E-state index contributed by atoms with van der Waals surface area (Å²) < 4.78 is 5.18. The molecule has 1 rings (SSSR count). The molecule has 0 saturated carbocycles. The van der Waals surface area contributed by atoms with Gasteiger partial charge in [-0.2, -0.15) is 0 Å². The van der Waals surface area contributed by atoms with Crippen LogP contribution in [0.5, 0.6) is 0 Å². The maximum absolute atomic E-state index is 5.18. The van der Waals surface area contributed by atoms with Gasteiger partial charge in [-0.15, -0.1) is 0 Å². The van der Waals surface area contributed by atoms with Gasteiger partial charge in [-0.1, -0.05) is 38.1 Å². The van der Waals surface area contributed by atoms with Crippen LogP contribution >= 0.6 is 0 Å². The lowest BCUT2D eigenvalue weighted by Gasteiger charge is -2.16. The van der Waals surface area contributed by atoms with Crippen LogP contribution in [0.15, 0.2) is 24.3 Å². The van der Waals surface area contributed by atoms with Gasteiger partial charge < -0.3 is 10.1 Å². The molecule has 1 N–H and O–H groups in total. The van der Waals surface area contributed by atoms with Crippen LogP contribution < -0.4 is 5.32 Å². The van der Waals surface area contributed by atoms with Gasteiger partial charge in [0.1, 0.15) is 0 Å². The van der Waals surface area contributed by atoms with Crippen LogP contribution in [0.1, 0.15) is 31.0 Å². The van der Waals surface area contributed by atoms with Crippen molar-refractivity contribution in [1.29, 1.82) is 0 Å². The molecule has 0 aliphatic rings. The van der Waals surface area contributed by atoms with Gasteiger partial charge in [0.2, 0.25) is 0 Å². The largest absolute Gasteiger partial charge is 0.383 e. The fraction of sp³-hybridized carbons (Fsp3) is 0.571. The Morgan fingerprint density at radius 3 is 2.25 bits per heavy atom. The molecule has 0 radical (unpaired) electrons. The molecule has 1 unspecified atom stereocenters. The molecule has 1 atom stereocenters. The number of ether oxygens (including phenoxy) is 1. The van der Waals surface area contributed by atoms with Gasteiger partial charge in [0.05, 0.1) is 12.6 Å². The third-order valence-electron chi connectivity index (χ3n) is 2.71. The second-order valence-electron chi connectivity index (χ2n) is 4.64. The Morgan fingerprint density at radius 2 is 1.81 bits per heavy atom. The van der Waals surface area contributed by atoms with Gasteiger partial charge >= 0.3 is 0 Å². The number of hydrogen-bond acceptors (Lipinski definition) is 2. The molecular weight excluding hydrogens is 198 g/mol. The summed E-state index contributed by atoms with van der Waals surface area (Å²) in [4.78, 5) is 0. The Hall–Kier alpha value is -0.860. The molecular formula is C14H23NO. The molecule has 0 fully saturated rings. The zero-order valence-corrected chi connectivity index (χ0v) is 10.8. The highest BCUT2D eigenvalue weighted by atomic mass is 16.5. The second kappa shape index (κ2) is 6.66. The van der Waals surface area contributed by atoms with E-state index in [1.807, 2.05) is 7.05 Å². The van der Waals surface area contributed by atoms with Crippen molar-refractivity contribution in [3.8, 4) is 0 Å². The SMILES string of the molecule is CNC(COC)c1ccc(CC(C)C)cc1. The Labute approximate surface area is 99.0 Å². The zero-order chi connectivity index (χ0) is 12.0. The van der Waals surface area contributed by atoms with Crippen molar-refractivity contribution in [3.05, 3.63) is 35.4 Å². The summed E-state index contributed by atoms with van der Waals surface area (Å²) >= 11 is 0. The highest BCUT2D eigenvalue weighted by Crippen LogP contribution is 2.15. The molecule has 90 valence electrons. The molecule has 0 heterocycles. The normalized spacial score (nSPS) is 13.1. The predicted molar refractivity (Wildman–Crippen MR) is 68.7 cm³/mol. The van der Waals surface area contributed by atoms with E-state index in [9.17, 15) is 0 Å². The maximum atomic E-state index is 5.18. The molecule has 0 spiro atoms. The number of nitrogens with one attached hydrogen (secondary N) is 1. The van der Waals surface area contributed by atoms with Crippen molar-refractivity contribution in [3.63, 3.8) is 0 Å². The average Bonchev–Trinajstić information content (AvgIpc) is 2.26. The lowest BCUT2D eigenvalue weighted by molar-refractivity contribution is 0.170. The van der Waals surface area contributed by atoms with Crippen molar-refractivity contribution in [1.82, 2.24) is 5.32 Å². The van der Waals surface area contributed by atoms with Crippen molar-refractivity contribution < 1.29 is 4.74 Å². The van der Waals surface area contributed by atoms with Crippen LogP contribution in [0.2, 0.25) is 0 Å². The highest BCUT2D eigenvalue weighted by molar-refractivity contribution is 5.25. The van der Waals surface area contributed by atoms with Crippen molar-refractivity contribution >= 4 is 0 Å². The van der Waals surface area contributed by atoms with E-state index in [1.54, 1.807) is 7.11 Å². The van der Waals surface area contributed by atoms with Crippen LogP contribution in [-0.2, 0) is 11.2 Å². The molecule has 0 aliphatic carbocycles. The Balaban J connectivity index is 2.69. The maximum Gasteiger partial charge on any atom is 0.0657 e. The number of benzene rings is 1. The Morgan fingerprint density at radius 1 is 1.19 bits per heavy atom. The van der Waals surface area contributed by atoms with Gasteiger partial charge in [0, 0.05) is 7.11 Å². The summed E-state index contributed by atoms with van der Waals surface area (Å²) in [6.07, 6.45) is 1.15. The molecule has 0 aliphatic heterocycles. The topological polar surface area (TPSA) is 21.3 Å². The van der Waals surface area contributed by atoms with Crippen LogP contribution in [0.25, 0.3) is 0 Å². The van der Waals surface area contributed by atoms with Crippen LogP contribution in [0.3, 0.4) is 0 Å². The van der Waals surface area contributed by atoms with E-state index >= 15 is 0 Å². The predicted octanol–water partition coefficient (Wildman–Crippen LogP) is 2.79. The van der Waals surface area contributed by atoms with E-state index in [2.05, 4.69) is 43.4 Å². The van der Waals surface area contributed by atoms with Gasteiger partial charge in [-0.05, 0) is 30.5 Å². The summed E-state index contributed by atoms with van der Waals surface area (Å²) in [5.41, 5.74) is 2.70. The fourth-order valence-electron chi connectivity index (χ4n) is 1.87. The molecule has 0 saturated heterocycles. The molecule has 2 nitrogen and oxygen atoms in total. The minimum absolute atomic E-state index is 0.290. The number of rotatable bonds is 6. The lowest BCUT2D eigenvalue weighted by Crippen LogP contribution is -2.21. The first-order chi connectivity index (χ1) is 7.67. The highest BCUT2D eigenvalue weighted by Gasteiger charge is 2.08. The van der Waals surface area contributed by atoms with Gasteiger partial charge in [0.25, 0.3) is 0 Å². The van der Waals surface area contributed by atoms with Crippen LogP contribution in [0.4, 0.5) is 0 Å². The third kappa shape index (κ3) is 3.95. The summed E-state index contributed by atoms with van der Waals surface area (Å²) in [5.74, 6) is 0.713. The smallest absolute Gasteiger partial charge is 0.0657 e. The standard InChI is InChI=1S/C14H23NO/c1-11(2)9-12-5-7-13(8-6-12)14(15-3)10-16-4/h5-8,11,14-15H,9-10H2,1-4H3. The summed E-state index contributed by atoms with van der Waals surface area (Å²) in [6.45, 7) is 5.20. The zero-order valence-electron chi connectivity index (χ0n) is 10.8. The van der Waals surface area contributed by atoms with Crippen molar-refractivity contribution in [2.45, 2.75) is 26.3 Å². The van der Waals surface area contributed by atoms with E-state index in [0.717, 1.165) is 6.42 Å². The van der Waals surface area contributed by atoms with Crippen molar-refractivity contribution in [2.24, 2.45) is 5.92 Å². The monoisotopic (exact) mass is 221 g/mol. The first kappa shape index (κ1) is 13.2. The minimum Gasteiger partial charge on any atom is -0.383 e. The van der Waals surface area contributed by atoms with Gasteiger partial charge in [-0.25, -0.2) is 0 Å². The fourth-order valence-corrected chi connectivity index (χ4v) is 1.87. The summed E-state index contributed by atoms with van der Waals surface area (Å²) in [5, 5.41) is 3.25. The van der Waals surface area contributed by atoms with E-state index < -0.39 is 0 Å². The molecule has 0 bridgehead atoms. The van der Waals surface area contributed by atoms with E-state index in [0.29, 0.717) is 12.5 Å². The summed E-state index contributed by atoms with van der Waals surface area (Å²) in [6, 6.07) is 9.11. The lowest BCUT2D eigenvalue weighted by atomic mass is 10.00. The van der Waals surface area contributed by atoms with E-state index in [-0.39, 0.29) is 6.04 Å². The number of likely N-dealkylation sites (N-methyl/N-ethyl adjacent to an activating group) is 1. The molecule has 1 aromatic rings. The van der Waals surface area contributed by atoms with Gasteiger partial charge in [-0.3, -0.25) is 0 Å². The molecule has 1 aromatic carbocycles. The minimum atomic E-state index is 0.290. The molecule has 0 aromatic heterocycles. The van der Waals surface area contributed by atoms with E-state index in [4.69, 9.17) is 4.74 Å². The van der Waals surface area contributed by atoms with E-state index in [1.165, 1.54) is 11.1 Å². The Kier molecular flexibility index (Phi) is 5.50. The number of hydrogen-bond donors (Lipinski definition) is 1. The van der Waals surface area contributed by atoms with Crippen LogP contribution in [0, 0.1) is 5.92 Å². The average molecular weight is 221 g/mol. The first-order valence-corrected chi connectivity index (χ1v) is 5.92. The van der Waals surface area contributed by atoms with Gasteiger partial charge in [0.15, 0.2) is 0 Å². The molecule has 16 heavy (non-hydrogen) atoms. The second-order valence-corrected chi connectivity index (χ2v) is 4.64. The third-order valence-corrected chi connectivity index (χ3v) is 2.71. The summed E-state index contributed by atoms with van der Waals surface area (Å²) in [7, 11) is 3.70. The molecule has 0 amide bonds. The molecule has 2 heteroatoms. The Bertz CT molecular complexity index is 292. The number of methoxy groups -OCH3 is 1.